The van der Waals surface area contributed by atoms with E-state index in [0.29, 0.717) is 49.2 Å². The lowest BCUT2D eigenvalue weighted by molar-refractivity contribution is -0.134. The first kappa shape index (κ1) is 32.5. The predicted octanol–water partition coefficient (Wildman–Crippen LogP) is 5.65. The first-order chi connectivity index (χ1) is 25.5. The number of aromatic nitrogens is 3. The number of rotatable bonds is 6. The summed E-state index contributed by atoms with van der Waals surface area (Å²) in [5.74, 6) is 1.17. The Morgan fingerprint density at radius 3 is 2.37 bits per heavy atom. The van der Waals surface area contributed by atoms with Gasteiger partial charge in [0.1, 0.15) is 29.7 Å². The third-order valence-corrected chi connectivity index (χ3v) is 11.6. The molecule has 3 fully saturated rings. The summed E-state index contributed by atoms with van der Waals surface area (Å²) in [6, 6.07) is 26.5. The minimum atomic E-state index is -0.330. The molecule has 1 unspecified atom stereocenters. The van der Waals surface area contributed by atoms with Crippen LogP contribution in [0.5, 0.6) is 11.5 Å². The molecule has 11 heteroatoms. The van der Waals surface area contributed by atoms with Crippen LogP contribution in [0.3, 0.4) is 0 Å². The van der Waals surface area contributed by atoms with Crippen molar-refractivity contribution in [3.8, 4) is 28.4 Å². The maximum atomic E-state index is 12.7. The normalized spacial score (nSPS) is 22.6. The monoisotopic (exact) mass is 697 g/mol. The number of phenols is 1. The molecule has 1 saturated carbocycles. The summed E-state index contributed by atoms with van der Waals surface area (Å²) in [6.45, 7) is 5.30. The average Bonchev–Trinajstić information content (AvgIpc) is 3.61. The molecule has 52 heavy (non-hydrogen) atoms. The summed E-state index contributed by atoms with van der Waals surface area (Å²) >= 11 is 0. The van der Waals surface area contributed by atoms with Gasteiger partial charge in [-0.05, 0) is 98.2 Å². The van der Waals surface area contributed by atoms with Gasteiger partial charge in [0.05, 0.1) is 23.4 Å². The van der Waals surface area contributed by atoms with Gasteiger partial charge >= 0.3 is 0 Å². The van der Waals surface area contributed by atoms with Crippen LogP contribution < -0.4 is 19.9 Å². The minimum Gasteiger partial charge on any atom is -0.507 e. The number of hydrogen-bond acceptors (Lipinski definition) is 9. The Bertz CT molecular complexity index is 2120. The second-order valence-electron chi connectivity index (χ2n) is 14.5. The third-order valence-electron chi connectivity index (χ3n) is 11.6. The van der Waals surface area contributed by atoms with Gasteiger partial charge in [0.25, 0.3) is 0 Å². The zero-order valence-electron chi connectivity index (χ0n) is 29.2. The highest BCUT2D eigenvalue weighted by Crippen LogP contribution is 2.45. The van der Waals surface area contributed by atoms with Crippen molar-refractivity contribution in [3.05, 3.63) is 90.6 Å². The van der Waals surface area contributed by atoms with E-state index in [4.69, 9.17) is 4.74 Å². The minimum absolute atomic E-state index is 0.184. The number of fused-ring (bicyclic) bond motifs is 2. The number of piperazine rings is 1. The van der Waals surface area contributed by atoms with Gasteiger partial charge in [0.15, 0.2) is 0 Å². The number of amides is 2. The zero-order chi connectivity index (χ0) is 35.2. The fraction of sp³-hybridized carbons (Fsp3) is 0.366. The number of nitrogens with one attached hydrogen (secondary N) is 1. The molecule has 0 spiro atoms. The number of carbonyl (C=O) groups excluding carboxylic acids is 2. The van der Waals surface area contributed by atoms with Gasteiger partial charge in [-0.15, -0.1) is 10.2 Å². The van der Waals surface area contributed by atoms with E-state index >= 15 is 0 Å². The van der Waals surface area contributed by atoms with Gasteiger partial charge in [-0.2, -0.15) is 0 Å². The van der Waals surface area contributed by atoms with Crippen molar-refractivity contribution >= 4 is 34.2 Å². The molecule has 1 aliphatic carbocycles. The lowest BCUT2D eigenvalue weighted by atomic mass is 9.80. The van der Waals surface area contributed by atoms with Crippen LogP contribution in [0.15, 0.2) is 85.1 Å². The van der Waals surface area contributed by atoms with E-state index in [1.54, 1.807) is 12.1 Å². The van der Waals surface area contributed by atoms with Crippen LogP contribution in [-0.4, -0.2) is 88.0 Å². The van der Waals surface area contributed by atoms with Crippen molar-refractivity contribution in [1.29, 1.82) is 0 Å². The van der Waals surface area contributed by atoms with E-state index in [0.717, 1.165) is 67.2 Å². The summed E-state index contributed by atoms with van der Waals surface area (Å²) < 4.78 is 8.41. The van der Waals surface area contributed by atoms with Crippen LogP contribution >= 0.6 is 0 Å². The molecule has 3 aromatic carbocycles. The van der Waals surface area contributed by atoms with Crippen LogP contribution in [0.4, 0.5) is 11.4 Å². The molecule has 4 aliphatic rings. The van der Waals surface area contributed by atoms with Gasteiger partial charge < -0.3 is 24.2 Å². The SMILES string of the molecule is O=C1CCC(N2CCOc3c(C4CCC(N5CCN(c6ccc(-n7ccc8nnc(-c9ccccc9O)cc87)cc6)CC5)CC4)cccc32)C(=O)N1. The van der Waals surface area contributed by atoms with E-state index in [1.807, 2.05) is 30.5 Å². The van der Waals surface area contributed by atoms with Crippen molar-refractivity contribution in [3.63, 3.8) is 0 Å². The number of para-hydroxylation sites is 2. The number of phenolic OH excluding ortho intramolecular Hbond substituents is 1. The Hall–Kier alpha value is -5.42. The van der Waals surface area contributed by atoms with Crippen molar-refractivity contribution in [2.75, 3.05) is 49.1 Å². The number of aromatic hydroxyl groups is 1. The van der Waals surface area contributed by atoms with Crippen LogP contribution in [0.25, 0.3) is 28.0 Å². The summed E-state index contributed by atoms with van der Waals surface area (Å²) in [6.07, 6.45) is 7.52. The van der Waals surface area contributed by atoms with Crippen LogP contribution in [-0.2, 0) is 9.59 Å². The second-order valence-corrected chi connectivity index (χ2v) is 14.5. The number of nitrogens with zero attached hydrogens (tertiary/aromatic N) is 6. The third kappa shape index (κ3) is 6.02. The molecular weight excluding hydrogens is 654 g/mol. The highest BCUT2D eigenvalue weighted by molar-refractivity contribution is 6.02. The molecule has 2 N–H and O–H groups in total. The Balaban J connectivity index is 0.817. The number of benzene rings is 3. The molecule has 266 valence electrons. The van der Waals surface area contributed by atoms with Gasteiger partial charge in [-0.25, -0.2) is 0 Å². The van der Waals surface area contributed by atoms with Crippen molar-refractivity contribution in [2.45, 2.75) is 56.5 Å². The summed E-state index contributed by atoms with van der Waals surface area (Å²) in [5, 5.41) is 21.7. The molecule has 5 heterocycles. The molecule has 0 bridgehead atoms. The summed E-state index contributed by atoms with van der Waals surface area (Å²) in [4.78, 5) is 31.8. The zero-order valence-corrected chi connectivity index (χ0v) is 29.2. The topological polar surface area (TPSA) is 116 Å². The first-order valence-corrected chi connectivity index (χ1v) is 18.6. The number of imide groups is 1. The van der Waals surface area contributed by atoms with E-state index in [1.165, 1.54) is 24.1 Å². The summed E-state index contributed by atoms with van der Waals surface area (Å²) in [5.41, 5.74) is 7.59. The Morgan fingerprint density at radius 1 is 0.788 bits per heavy atom. The first-order valence-electron chi connectivity index (χ1n) is 18.6. The molecular formula is C41H43N7O4. The van der Waals surface area contributed by atoms with Crippen molar-refractivity contribution < 1.29 is 19.4 Å². The molecule has 1 atom stereocenters. The van der Waals surface area contributed by atoms with Gasteiger partial charge in [-0.1, -0.05) is 24.3 Å². The van der Waals surface area contributed by atoms with Crippen molar-refractivity contribution in [2.24, 2.45) is 0 Å². The van der Waals surface area contributed by atoms with E-state index in [-0.39, 0.29) is 23.6 Å². The molecule has 9 rings (SSSR count). The lowest BCUT2D eigenvalue weighted by Crippen LogP contribution is -2.54. The second kappa shape index (κ2) is 13.6. The van der Waals surface area contributed by atoms with Gasteiger partial charge in [0, 0.05) is 61.8 Å². The number of anilines is 2. The molecule has 2 amide bonds. The molecule has 2 saturated heterocycles. The highest BCUT2D eigenvalue weighted by Gasteiger charge is 2.37. The highest BCUT2D eigenvalue weighted by atomic mass is 16.5. The lowest BCUT2D eigenvalue weighted by Gasteiger charge is -2.43. The van der Waals surface area contributed by atoms with Gasteiger partial charge in [-0.3, -0.25) is 19.8 Å². The van der Waals surface area contributed by atoms with Gasteiger partial charge in [0.2, 0.25) is 11.8 Å². The number of piperidine rings is 1. The number of ether oxygens (including phenoxy) is 1. The maximum Gasteiger partial charge on any atom is 0.249 e. The number of carbonyl (C=O) groups is 2. The van der Waals surface area contributed by atoms with Crippen LogP contribution in [0.2, 0.25) is 0 Å². The van der Waals surface area contributed by atoms with Crippen LogP contribution in [0.1, 0.15) is 50.0 Å². The Morgan fingerprint density at radius 2 is 1.58 bits per heavy atom. The van der Waals surface area contributed by atoms with E-state index < -0.39 is 0 Å². The van der Waals surface area contributed by atoms with Crippen molar-refractivity contribution in [1.82, 2.24) is 25.0 Å². The molecule has 11 nitrogen and oxygen atoms in total. The smallest absolute Gasteiger partial charge is 0.249 e. The molecule has 0 radical (unpaired) electrons. The van der Waals surface area contributed by atoms with E-state index in [9.17, 15) is 14.7 Å². The Labute approximate surface area is 302 Å². The largest absolute Gasteiger partial charge is 0.507 e. The fourth-order valence-corrected chi connectivity index (χ4v) is 8.81. The van der Waals surface area contributed by atoms with Crippen LogP contribution in [0, 0.1) is 0 Å². The fourth-order valence-electron chi connectivity index (χ4n) is 8.81. The number of hydrogen-bond donors (Lipinski definition) is 2. The average molecular weight is 698 g/mol. The predicted molar refractivity (Wildman–Crippen MR) is 200 cm³/mol. The summed E-state index contributed by atoms with van der Waals surface area (Å²) in [7, 11) is 0. The molecule has 3 aliphatic heterocycles. The quantitative estimate of drug-likeness (QED) is 0.218. The van der Waals surface area contributed by atoms with E-state index in [2.05, 4.69) is 77.2 Å². The maximum absolute atomic E-state index is 12.7. The molecule has 2 aromatic heterocycles. The standard InChI is InChI=1S/C41H43N7O4/c49-38-7-2-1-4-32(38)34-26-37-33(43-44-34)18-19-47(37)30-14-12-29(13-15-30)46-22-20-45(21-23-46)28-10-8-27(9-11-28)31-5-3-6-35-40(31)52-25-24-48(35)36-16-17-39(50)42-41(36)51/h1-7,12-15,18-19,26-28,36,49H,8-11,16-17,20-25H2,(H,42,50,51). The Kier molecular flexibility index (Phi) is 8.50. The molecule has 5 aromatic rings.